The lowest BCUT2D eigenvalue weighted by molar-refractivity contribution is 0.101. The van der Waals surface area contributed by atoms with Crippen molar-refractivity contribution in [2.75, 3.05) is 6.61 Å². The standard InChI is InChI=1S/C11H10ClNO2/c1-3-15-10-5-9(12)4-8(6-13)11(10)7(2)14/h4-5H,3H2,1-2H3. The molecule has 0 radical (unpaired) electrons. The molecule has 3 nitrogen and oxygen atoms in total. The van der Waals surface area contributed by atoms with E-state index in [1.165, 1.54) is 13.0 Å². The first kappa shape index (κ1) is 11.5. The Morgan fingerprint density at radius 2 is 2.27 bits per heavy atom. The lowest BCUT2D eigenvalue weighted by Crippen LogP contribution is -2.03. The van der Waals surface area contributed by atoms with Crippen molar-refractivity contribution in [1.29, 1.82) is 5.26 Å². The van der Waals surface area contributed by atoms with Crippen LogP contribution in [0.3, 0.4) is 0 Å². The Kier molecular flexibility index (Phi) is 3.70. The fourth-order valence-corrected chi connectivity index (χ4v) is 1.51. The number of ether oxygens (including phenoxy) is 1. The van der Waals surface area contributed by atoms with E-state index in [2.05, 4.69) is 0 Å². The highest BCUT2D eigenvalue weighted by molar-refractivity contribution is 6.31. The minimum absolute atomic E-state index is 0.202. The second kappa shape index (κ2) is 4.81. The molecule has 0 saturated heterocycles. The average molecular weight is 224 g/mol. The van der Waals surface area contributed by atoms with E-state index in [1.807, 2.05) is 6.07 Å². The van der Waals surface area contributed by atoms with Gasteiger partial charge in [0.2, 0.25) is 0 Å². The Morgan fingerprint density at radius 1 is 1.60 bits per heavy atom. The maximum Gasteiger partial charge on any atom is 0.164 e. The number of hydrogen-bond acceptors (Lipinski definition) is 3. The first-order chi connectivity index (χ1) is 7.10. The third-order valence-corrected chi connectivity index (χ3v) is 2.06. The molecule has 15 heavy (non-hydrogen) atoms. The SMILES string of the molecule is CCOc1cc(Cl)cc(C#N)c1C(C)=O. The van der Waals surface area contributed by atoms with Gasteiger partial charge in [-0.3, -0.25) is 4.79 Å². The number of benzene rings is 1. The number of halogens is 1. The minimum atomic E-state index is -0.202. The summed E-state index contributed by atoms with van der Waals surface area (Å²) >= 11 is 5.80. The molecule has 0 saturated carbocycles. The van der Waals surface area contributed by atoms with Crippen LogP contribution < -0.4 is 4.74 Å². The molecule has 0 aliphatic rings. The second-order valence-corrected chi connectivity index (χ2v) is 3.36. The van der Waals surface area contributed by atoms with Gasteiger partial charge in [0.05, 0.1) is 17.7 Å². The van der Waals surface area contributed by atoms with Gasteiger partial charge >= 0.3 is 0 Å². The molecule has 0 bridgehead atoms. The fourth-order valence-electron chi connectivity index (χ4n) is 1.30. The maximum atomic E-state index is 11.4. The zero-order valence-electron chi connectivity index (χ0n) is 8.50. The van der Waals surface area contributed by atoms with Gasteiger partial charge in [-0.25, -0.2) is 0 Å². The lowest BCUT2D eigenvalue weighted by Gasteiger charge is -2.09. The molecular weight excluding hydrogens is 214 g/mol. The number of hydrogen-bond donors (Lipinski definition) is 0. The highest BCUT2D eigenvalue weighted by atomic mass is 35.5. The van der Waals surface area contributed by atoms with Crippen LogP contribution in [-0.4, -0.2) is 12.4 Å². The van der Waals surface area contributed by atoms with Crippen molar-refractivity contribution in [3.05, 3.63) is 28.3 Å². The van der Waals surface area contributed by atoms with Crippen LogP contribution in [0.4, 0.5) is 0 Å². The monoisotopic (exact) mass is 223 g/mol. The second-order valence-electron chi connectivity index (χ2n) is 2.93. The first-order valence-corrected chi connectivity index (χ1v) is 4.85. The van der Waals surface area contributed by atoms with E-state index in [0.717, 1.165) is 0 Å². The summed E-state index contributed by atoms with van der Waals surface area (Å²) in [6.45, 7) is 3.62. The van der Waals surface area contributed by atoms with Crippen molar-refractivity contribution in [3.8, 4) is 11.8 Å². The predicted molar refractivity (Wildman–Crippen MR) is 57.3 cm³/mol. The third-order valence-electron chi connectivity index (χ3n) is 1.84. The van der Waals surface area contributed by atoms with Crippen LogP contribution >= 0.6 is 11.6 Å². The van der Waals surface area contributed by atoms with Gasteiger partial charge in [-0.2, -0.15) is 5.26 Å². The zero-order valence-corrected chi connectivity index (χ0v) is 9.26. The van der Waals surface area contributed by atoms with Crippen molar-refractivity contribution in [2.24, 2.45) is 0 Å². The smallest absolute Gasteiger partial charge is 0.164 e. The molecule has 0 aliphatic carbocycles. The summed E-state index contributed by atoms with van der Waals surface area (Å²) in [4.78, 5) is 11.4. The van der Waals surface area contributed by atoms with E-state index in [-0.39, 0.29) is 11.3 Å². The molecule has 0 atom stereocenters. The molecule has 0 aromatic heterocycles. The summed E-state index contributed by atoms with van der Waals surface area (Å²) in [5.74, 6) is 0.167. The molecule has 0 heterocycles. The van der Waals surface area contributed by atoms with E-state index >= 15 is 0 Å². The molecule has 0 unspecified atom stereocenters. The van der Waals surface area contributed by atoms with Crippen molar-refractivity contribution in [1.82, 2.24) is 0 Å². The molecule has 1 aromatic carbocycles. The highest BCUT2D eigenvalue weighted by Crippen LogP contribution is 2.27. The van der Waals surface area contributed by atoms with E-state index in [4.69, 9.17) is 21.6 Å². The van der Waals surface area contributed by atoms with Crippen LogP contribution in [-0.2, 0) is 0 Å². The quantitative estimate of drug-likeness (QED) is 0.741. The van der Waals surface area contributed by atoms with Crippen molar-refractivity contribution in [2.45, 2.75) is 13.8 Å². The lowest BCUT2D eigenvalue weighted by atomic mass is 10.0. The largest absolute Gasteiger partial charge is 0.493 e. The van der Waals surface area contributed by atoms with E-state index in [9.17, 15) is 4.79 Å². The van der Waals surface area contributed by atoms with E-state index < -0.39 is 0 Å². The van der Waals surface area contributed by atoms with Crippen molar-refractivity contribution >= 4 is 17.4 Å². The number of rotatable bonds is 3. The van der Waals surface area contributed by atoms with Crippen LogP contribution in [0.2, 0.25) is 5.02 Å². The number of ketones is 1. The fraction of sp³-hybridized carbons (Fsp3) is 0.273. The number of carbonyl (C=O) groups excluding carboxylic acids is 1. The topological polar surface area (TPSA) is 50.1 Å². The molecule has 0 N–H and O–H groups in total. The van der Waals surface area contributed by atoms with Gasteiger partial charge in [0.15, 0.2) is 5.78 Å². The predicted octanol–water partition coefficient (Wildman–Crippen LogP) is 2.81. The molecule has 0 spiro atoms. The van der Waals surface area contributed by atoms with Crippen molar-refractivity contribution in [3.63, 3.8) is 0 Å². The molecule has 0 amide bonds. The van der Waals surface area contributed by atoms with Gasteiger partial charge in [-0.05, 0) is 26.0 Å². The molecule has 1 aromatic rings. The molecule has 0 fully saturated rings. The normalized spacial score (nSPS) is 9.47. The highest BCUT2D eigenvalue weighted by Gasteiger charge is 2.15. The molecule has 1 rings (SSSR count). The van der Waals surface area contributed by atoms with Gasteiger partial charge in [0, 0.05) is 5.02 Å². The Hall–Kier alpha value is -1.53. The Labute approximate surface area is 93.2 Å². The van der Waals surface area contributed by atoms with Crippen LogP contribution in [0, 0.1) is 11.3 Å². The summed E-state index contributed by atoms with van der Waals surface area (Å²) in [7, 11) is 0. The summed E-state index contributed by atoms with van der Waals surface area (Å²) in [6.07, 6.45) is 0. The number of nitriles is 1. The minimum Gasteiger partial charge on any atom is -0.493 e. The Balaban J connectivity index is 3.41. The maximum absolute atomic E-state index is 11.4. The first-order valence-electron chi connectivity index (χ1n) is 4.47. The van der Waals surface area contributed by atoms with Crippen molar-refractivity contribution < 1.29 is 9.53 Å². The number of nitrogens with zero attached hydrogens (tertiary/aromatic N) is 1. The van der Waals surface area contributed by atoms with Gasteiger partial charge in [0.25, 0.3) is 0 Å². The summed E-state index contributed by atoms with van der Waals surface area (Å²) in [6, 6.07) is 4.93. The molecule has 4 heteroatoms. The van der Waals surface area contributed by atoms with Crippen LogP contribution in [0.5, 0.6) is 5.75 Å². The Bertz CT molecular complexity index is 435. The van der Waals surface area contributed by atoms with Crippen LogP contribution in [0.1, 0.15) is 29.8 Å². The number of Topliss-reactive ketones (excluding diaryl/α,β-unsaturated/α-hetero) is 1. The van der Waals surface area contributed by atoms with Crippen LogP contribution in [0.15, 0.2) is 12.1 Å². The van der Waals surface area contributed by atoms with Gasteiger partial charge < -0.3 is 4.74 Å². The van der Waals surface area contributed by atoms with E-state index in [0.29, 0.717) is 22.9 Å². The zero-order chi connectivity index (χ0) is 11.4. The Morgan fingerprint density at radius 3 is 2.73 bits per heavy atom. The third kappa shape index (κ3) is 2.48. The summed E-state index contributed by atoms with van der Waals surface area (Å²) in [5.41, 5.74) is 0.544. The summed E-state index contributed by atoms with van der Waals surface area (Å²) < 4.78 is 5.27. The average Bonchev–Trinajstić information content (AvgIpc) is 2.16. The van der Waals surface area contributed by atoms with E-state index in [1.54, 1.807) is 13.0 Å². The van der Waals surface area contributed by atoms with Crippen LogP contribution in [0.25, 0.3) is 0 Å². The van der Waals surface area contributed by atoms with Gasteiger partial charge in [-0.1, -0.05) is 11.6 Å². The van der Waals surface area contributed by atoms with Gasteiger partial charge in [-0.15, -0.1) is 0 Å². The number of carbonyl (C=O) groups is 1. The molecule has 0 aliphatic heterocycles. The molecular formula is C11H10ClNO2. The molecule has 78 valence electrons. The summed E-state index contributed by atoms with van der Waals surface area (Å²) in [5, 5.41) is 9.26. The van der Waals surface area contributed by atoms with Gasteiger partial charge in [0.1, 0.15) is 11.8 Å².